The van der Waals surface area contributed by atoms with E-state index in [0.29, 0.717) is 0 Å². The lowest BCUT2D eigenvalue weighted by molar-refractivity contribution is 0.0680. The monoisotopic (exact) mass is 370 g/mol. The van der Waals surface area contributed by atoms with Gasteiger partial charge in [-0.05, 0) is 18.1 Å². The highest BCUT2D eigenvalue weighted by atomic mass is 16.4. The van der Waals surface area contributed by atoms with Crippen LogP contribution >= 0.6 is 0 Å². The summed E-state index contributed by atoms with van der Waals surface area (Å²) in [5, 5.41) is 34.9. The Labute approximate surface area is 160 Å². The maximum absolute atomic E-state index is 10.7. The third kappa shape index (κ3) is 6.75. The summed E-state index contributed by atoms with van der Waals surface area (Å²) >= 11 is 0. The standard InChI is InChI=1S/C11H22.C10H4N2O4/c1-2-3-5-8-11-9-6-4-7-10-11;11-3-7-5(9(13)14)1-2-6(10(15)16)8(7)4-12/h11H,2-10H2,1H3;1-2H,(H,13,14)(H,15,16). The first-order valence-corrected chi connectivity index (χ1v) is 9.40. The van der Waals surface area contributed by atoms with Crippen molar-refractivity contribution < 1.29 is 19.8 Å². The summed E-state index contributed by atoms with van der Waals surface area (Å²) in [6.07, 6.45) is 13.4. The average molecular weight is 370 g/mol. The number of aromatic carboxylic acids is 2. The molecule has 0 aromatic heterocycles. The minimum atomic E-state index is -1.38. The number of hydrogen-bond donors (Lipinski definition) is 2. The summed E-state index contributed by atoms with van der Waals surface area (Å²) < 4.78 is 0. The van der Waals surface area contributed by atoms with Gasteiger partial charge in [0, 0.05) is 0 Å². The lowest BCUT2D eigenvalue weighted by Gasteiger charge is -2.20. The van der Waals surface area contributed by atoms with Crippen molar-refractivity contribution in [2.45, 2.75) is 64.7 Å². The summed E-state index contributed by atoms with van der Waals surface area (Å²) in [5.41, 5.74) is -1.64. The number of benzene rings is 1. The number of unbranched alkanes of at least 4 members (excludes halogenated alkanes) is 2. The first-order valence-electron chi connectivity index (χ1n) is 9.40. The van der Waals surface area contributed by atoms with E-state index in [2.05, 4.69) is 6.92 Å². The second-order valence-corrected chi connectivity index (χ2v) is 6.74. The Balaban J connectivity index is 0.000000289. The van der Waals surface area contributed by atoms with Gasteiger partial charge >= 0.3 is 11.9 Å². The van der Waals surface area contributed by atoms with Crippen molar-refractivity contribution in [2.75, 3.05) is 0 Å². The molecule has 144 valence electrons. The molecule has 0 amide bonds. The van der Waals surface area contributed by atoms with Crippen LogP contribution in [-0.2, 0) is 0 Å². The Morgan fingerprint density at radius 3 is 1.81 bits per heavy atom. The molecular formula is C21H26N2O4. The van der Waals surface area contributed by atoms with Crippen molar-refractivity contribution in [1.82, 2.24) is 0 Å². The van der Waals surface area contributed by atoms with Crippen LogP contribution in [0.25, 0.3) is 0 Å². The van der Waals surface area contributed by atoms with Crippen molar-refractivity contribution in [3.63, 3.8) is 0 Å². The lowest BCUT2D eigenvalue weighted by Crippen LogP contribution is -2.08. The van der Waals surface area contributed by atoms with Gasteiger partial charge in [-0.25, -0.2) is 9.59 Å². The third-order valence-corrected chi connectivity index (χ3v) is 4.83. The molecule has 0 spiro atoms. The number of carboxylic acids is 2. The van der Waals surface area contributed by atoms with Gasteiger partial charge in [0.05, 0.1) is 22.3 Å². The highest BCUT2D eigenvalue weighted by Gasteiger charge is 2.20. The Morgan fingerprint density at radius 2 is 1.44 bits per heavy atom. The fourth-order valence-electron chi connectivity index (χ4n) is 3.35. The molecule has 1 aromatic rings. The van der Waals surface area contributed by atoms with Crippen molar-refractivity contribution in [3.8, 4) is 12.1 Å². The maximum atomic E-state index is 10.7. The smallest absolute Gasteiger partial charge is 0.337 e. The molecule has 1 aliphatic carbocycles. The van der Waals surface area contributed by atoms with Crippen molar-refractivity contribution in [1.29, 1.82) is 10.5 Å². The zero-order valence-electron chi connectivity index (χ0n) is 15.7. The number of carbonyl (C=O) groups is 2. The molecule has 0 saturated heterocycles. The zero-order valence-corrected chi connectivity index (χ0v) is 15.7. The molecule has 2 N–H and O–H groups in total. The van der Waals surface area contributed by atoms with Gasteiger partial charge in [-0.3, -0.25) is 0 Å². The van der Waals surface area contributed by atoms with E-state index in [1.807, 2.05) is 0 Å². The van der Waals surface area contributed by atoms with E-state index in [0.717, 1.165) is 18.1 Å². The molecule has 0 radical (unpaired) electrons. The fraction of sp³-hybridized carbons (Fsp3) is 0.524. The molecule has 6 nitrogen and oxygen atoms in total. The van der Waals surface area contributed by atoms with Gasteiger partial charge in [0.1, 0.15) is 12.1 Å². The Bertz CT molecular complexity index is 687. The fourth-order valence-corrected chi connectivity index (χ4v) is 3.35. The quantitative estimate of drug-likeness (QED) is 0.681. The van der Waals surface area contributed by atoms with E-state index in [9.17, 15) is 9.59 Å². The minimum absolute atomic E-state index is 0.385. The van der Waals surface area contributed by atoms with Crippen LogP contribution < -0.4 is 0 Å². The number of hydrogen-bond acceptors (Lipinski definition) is 4. The second kappa shape index (κ2) is 11.7. The first-order chi connectivity index (χ1) is 13.0. The molecule has 2 rings (SSSR count). The van der Waals surface area contributed by atoms with E-state index in [-0.39, 0.29) is 11.1 Å². The van der Waals surface area contributed by atoms with Crippen LogP contribution in [0.1, 0.15) is 96.6 Å². The second-order valence-electron chi connectivity index (χ2n) is 6.74. The summed E-state index contributed by atoms with van der Waals surface area (Å²) in [4.78, 5) is 21.4. The van der Waals surface area contributed by atoms with E-state index in [4.69, 9.17) is 20.7 Å². The van der Waals surface area contributed by atoms with E-state index in [1.54, 1.807) is 0 Å². The number of nitriles is 2. The van der Waals surface area contributed by atoms with Gasteiger partial charge in [-0.2, -0.15) is 10.5 Å². The SMILES string of the molecule is CCCCCC1CCCCC1.N#Cc1c(C(=O)O)ccc(C(=O)O)c1C#N. The van der Waals surface area contributed by atoms with Gasteiger partial charge in [-0.1, -0.05) is 64.7 Å². The van der Waals surface area contributed by atoms with Crippen LogP contribution in [0.15, 0.2) is 12.1 Å². The lowest BCUT2D eigenvalue weighted by atomic mass is 9.86. The van der Waals surface area contributed by atoms with E-state index < -0.39 is 23.1 Å². The molecule has 6 heteroatoms. The number of rotatable bonds is 6. The summed E-state index contributed by atoms with van der Waals surface area (Å²) in [7, 11) is 0. The van der Waals surface area contributed by atoms with Gasteiger partial charge in [0.2, 0.25) is 0 Å². The molecule has 27 heavy (non-hydrogen) atoms. The summed E-state index contributed by atoms with van der Waals surface area (Å²) in [5.74, 6) is -1.66. The highest BCUT2D eigenvalue weighted by Crippen LogP contribution is 2.27. The zero-order chi connectivity index (χ0) is 20.2. The van der Waals surface area contributed by atoms with Crippen LogP contribution in [-0.4, -0.2) is 22.2 Å². The predicted molar refractivity (Wildman–Crippen MR) is 101 cm³/mol. The molecule has 0 aliphatic heterocycles. The van der Waals surface area contributed by atoms with Crippen LogP contribution in [0.2, 0.25) is 0 Å². The van der Waals surface area contributed by atoms with Crippen molar-refractivity contribution >= 4 is 11.9 Å². The third-order valence-electron chi connectivity index (χ3n) is 4.83. The van der Waals surface area contributed by atoms with Gasteiger partial charge in [0.25, 0.3) is 0 Å². The molecule has 0 atom stereocenters. The normalized spacial score (nSPS) is 13.6. The van der Waals surface area contributed by atoms with Crippen molar-refractivity contribution in [2.24, 2.45) is 5.92 Å². The largest absolute Gasteiger partial charge is 0.478 e. The number of nitrogens with zero attached hydrogens (tertiary/aromatic N) is 2. The molecule has 1 saturated carbocycles. The molecule has 1 aromatic carbocycles. The van der Waals surface area contributed by atoms with Crippen LogP contribution in [0.4, 0.5) is 0 Å². The highest BCUT2D eigenvalue weighted by molar-refractivity contribution is 5.97. The van der Waals surface area contributed by atoms with Gasteiger partial charge < -0.3 is 10.2 Å². The Morgan fingerprint density at radius 1 is 0.963 bits per heavy atom. The predicted octanol–water partition coefficient (Wildman–Crippen LogP) is 4.97. The molecule has 0 heterocycles. The Hall–Kier alpha value is -2.86. The van der Waals surface area contributed by atoms with Crippen LogP contribution in [0.5, 0.6) is 0 Å². The molecule has 1 fully saturated rings. The van der Waals surface area contributed by atoms with Crippen LogP contribution in [0, 0.1) is 28.6 Å². The minimum Gasteiger partial charge on any atom is -0.478 e. The average Bonchev–Trinajstić information content (AvgIpc) is 2.68. The van der Waals surface area contributed by atoms with Gasteiger partial charge in [0.15, 0.2) is 0 Å². The molecule has 0 bridgehead atoms. The van der Waals surface area contributed by atoms with E-state index in [1.165, 1.54) is 69.9 Å². The van der Waals surface area contributed by atoms with Crippen molar-refractivity contribution in [3.05, 3.63) is 34.4 Å². The number of carboxylic acid groups (broad SMARTS) is 2. The summed E-state index contributed by atoms with van der Waals surface area (Å²) in [6, 6.07) is 5.03. The molecule has 1 aliphatic rings. The molecule has 0 unspecified atom stereocenters. The Kier molecular flexibility index (Phi) is 9.61. The maximum Gasteiger partial charge on any atom is 0.337 e. The van der Waals surface area contributed by atoms with E-state index >= 15 is 0 Å². The summed E-state index contributed by atoms with van der Waals surface area (Å²) in [6.45, 7) is 2.29. The van der Waals surface area contributed by atoms with Gasteiger partial charge in [-0.15, -0.1) is 0 Å². The topological polar surface area (TPSA) is 122 Å². The molecular weight excluding hydrogens is 344 g/mol. The first kappa shape index (κ1) is 22.2. The van der Waals surface area contributed by atoms with Crippen LogP contribution in [0.3, 0.4) is 0 Å².